The zero-order valence-corrected chi connectivity index (χ0v) is 15.7. The van der Waals surface area contributed by atoms with Crippen molar-refractivity contribution < 1.29 is 14.3 Å². The van der Waals surface area contributed by atoms with Crippen LogP contribution in [-0.4, -0.2) is 25.1 Å². The molecule has 27 heavy (non-hydrogen) atoms. The molecule has 1 amide bonds. The quantitative estimate of drug-likeness (QED) is 0.691. The van der Waals surface area contributed by atoms with Crippen LogP contribution in [0.4, 0.5) is 0 Å². The second kappa shape index (κ2) is 8.56. The average Bonchev–Trinajstić information content (AvgIpc) is 2.72. The number of pyridine rings is 1. The van der Waals surface area contributed by atoms with Gasteiger partial charge in [0.15, 0.2) is 0 Å². The number of carbonyl (C=O) groups is 1. The van der Waals surface area contributed by atoms with Crippen LogP contribution in [0, 0.1) is 0 Å². The van der Waals surface area contributed by atoms with Gasteiger partial charge in [0.1, 0.15) is 11.5 Å². The first-order valence-electron chi connectivity index (χ1n) is 8.30. The maximum atomic E-state index is 12.9. The molecule has 0 radical (unpaired) electrons. The van der Waals surface area contributed by atoms with E-state index >= 15 is 0 Å². The number of nitrogens with zero attached hydrogens (tertiary/aromatic N) is 1. The van der Waals surface area contributed by atoms with Gasteiger partial charge in [-0.15, -0.1) is 0 Å². The van der Waals surface area contributed by atoms with E-state index in [0.717, 1.165) is 11.1 Å². The zero-order chi connectivity index (χ0) is 19.2. The number of hydrogen-bond acceptors (Lipinski definition) is 4. The summed E-state index contributed by atoms with van der Waals surface area (Å²) in [5.74, 6) is 0.837. The van der Waals surface area contributed by atoms with Gasteiger partial charge in [0.2, 0.25) is 0 Å². The largest absolute Gasteiger partial charge is 0.497 e. The lowest BCUT2D eigenvalue weighted by molar-refractivity contribution is 0.0942. The lowest BCUT2D eigenvalue weighted by atomic mass is 9.99. The highest BCUT2D eigenvalue weighted by atomic mass is 35.5. The smallest absolute Gasteiger partial charge is 0.252 e. The molecule has 0 bridgehead atoms. The van der Waals surface area contributed by atoms with Crippen LogP contribution in [0.2, 0.25) is 5.02 Å². The minimum Gasteiger partial charge on any atom is -0.497 e. The molecule has 138 valence electrons. The predicted molar refractivity (Wildman–Crippen MR) is 105 cm³/mol. The molecule has 2 aromatic carbocycles. The number of benzene rings is 2. The molecular formula is C21H19ClN2O3. The Hall–Kier alpha value is -3.05. The van der Waals surface area contributed by atoms with Gasteiger partial charge in [-0.05, 0) is 41.5 Å². The third-order valence-corrected chi connectivity index (χ3v) is 4.36. The summed E-state index contributed by atoms with van der Waals surface area (Å²) in [6.45, 7) is 0. The number of rotatable bonds is 6. The van der Waals surface area contributed by atoms with Crippen molar-refractivity contribution in [3.05, 3.63) is 88.7 Å². The van der Waals surface area contributed by atoms with Crippen molar-refractivity contribution >= 4 is 17.5 Å². The van der Waals surface area contributed by atoms with Gasteiger partial charge in [-0.1, -0.05) is 29.8 Å². The summed E-state index contributed by atoms with van der Waals surface area (Å²) in [7, 11) is 3.09. The Morgan fingerprint density at radius 2 is 1.67 bits per heavy atom. The van der Waals surface area contributed by atoms with Crippen molar-refractivity contribution in [2.24, 2.45) is 0 Å². The molecule has 1 heterocycles. The summed E-state index contributed by atoms with van der Waals surface area (Å²) < 4.78 is 10.5. The maximum absolute atomic E-state index is 12.9. The van der Waals surface area contributed by atoms with E-state index in [1.807, 2.05) is 24.3 Å². The summed E-state index contributed by atoms with van der Waals surface area (Å²) in [6.07, 6.45) is 3.42. The summed E-state index contributed by atoms with van der Waals surface area (Å²) >= 11 is 6.00. The van der Waals surface area contributed by atoms with Gasteiger partial charge in [0, 0.05) is 29.0 Å². The molecule has 3 rings (SSSR count). The van der Waals surface area contributed by atoms with Crippen LogP contribution in [0.3, 0.4) is 0 Å². The van der Waals surface area contributed by atoms with Gasteiger partial charge in [0.25, 0.3) is 5.91 Å². The minimum absolute atomic E-state index is 0.254. The van der Waals surface area contributed by atoms with Gasteiger partial charge in [0.05, 0.1) is 20.3 Å². The van der Waals surface area contributed by atoms with Crippen LogP contribution in [0.15, 0.2) is 67.0 Å². The van der Waals surface area contributed by atoms with Crippen molar-refractivity contribution in [2.75, 3.05) is 14.2 Å². The van der Waals surface area contributed by atoms with Crippen molar-refractivity contribution in [3.8, 4) is 11.5 Å². The van der Waals surface area contributed by atoms with Crippen molar-refractivity contribution in [3.63, 3.8) is 0 Å². The minimum atomic E-state index is -0.374. The van der Waals surface area contributed by atoms with E-state index in [2.05, 4.69) is 10.3 Å². The molecule has 1 atom stereocenters. The fraction of sp³-hybridized carbons (Fsp3) is 0.143. The summed E-state index contributed by atoms with van der Waals surface area (Å²) in [4.78, 5) is 17.1. The molecule has 0 aliphatic carbocycles. The maximum Gasteiger partial charge on any atom is 0.252 e. The van der Waals surface area contributed by atoms with Crippen LogP contribution in [-0.2, 0) is 0 Å². The molecule has 5 nitrogen and oxygen atoms in total. The predicted octanol–water partition coefficient (Wildman–Crippen LogP) is 4.27. The fourth-order valence-corrected chi connectivity index (χ4v) is 2.84. The standard InChI is InChI=1S/C21H19ClN2O3/c1-26-18-10-16(11-19(12-18)27-2)21(25)24-20(15-4-3-9-23-13-15)14-5-7-17(22)8-6-14/h3-13,20H,1-2H3,(H,24,25). The number of hydrogen-bond donors (Lipinski definition) is 1. The average molecular weight is 383 g/mol. The molecule has 0 fully saturated rings. The van der Waals surface area contributed by atoms with Crippen LogP contribution in [0.5, 0.6) is 11.5 Å². The summed E-state index contributed by atoms with van der Waals surface area (Å²) in [5.41, 5.74) is 2.20. The topological polar surface area (TPSA) is 60.5 Å². The van der Waals surface area contributed by atoms with Gasteiger partial charge in [-0.3, -0.25) is 9.78 Å². The van der Waals surface area contributed by atoms with Crippen LogP contribution in [0.1, 0.15) is 27.5 Å². The van der Waals surface area contributed by atoms with Crippen molar-refractivity contribution in [1.82, 2.24) is 10.3 Å². The van der Waals surface area contributed by atoms with E-state index in [1.165, 1.54) is 0 Å². The Labute approximate surface area is 162 Å². The van der Waals surface area contributed by atoms with Gasteiger partial charge in [-0.2, -0.15) is 0 Å². The Kier molecular flexibility index (Phi) is 5.94. The molecule has 0 saturated heterocycles. The summed E-state index contributed by atoms with van der Waals surface area (Å²) in [6, 6.07) is 15.8. The SMILES string of the molecule is COc1cc(OC)cc(C(=O)NC(c2ccc(Cl)cc2)c2cccnc2)c1. The normalized spacial score (nSPS) is 11.5. The highest BCUT2D eigenvalue weighted by Gasteiger charge is 2.19. The van der Waals surface area contributed by atoms with Crippen molar-refractivity contribution in [2.45, 2.75) is 6.04 Å². The highest BCUT2D eigenvalue weighted by Crippen LogP contribution is 2.26. The molecule has 0 aliphatic heterocycles. The third kappa shape index (κ3) is 4.57. The molecule has 0 saturated carbocycles. The van der Waals surface area contributed by atoms with Crippen LogP contribution in [0.25, 0.3) is 0 Å². The van der Waals surface area contributed by atoms with Gasteiger partial charge >= 0.3 is 0 Å². The first-order valence-corrected chi connectivity index (χ1v) is 8.68. The van der Waals surface area contributed by atoms with E-state index in [9.17, 15) is 4.79 Å². The number of aromatic nitrogens is 1. The van der Waals surface area contributed by atoms with E-state index in [-0.39, 0.29) is 11.9 Å². The van der Waals surface area contributed by atoms with E-state index < -0.39 is 0 Å². The Balaban J connectivity index is 1.94. The monoisotopic (exact) mass is 382 g/mol. The summed E-state index contributed by atoms with van der Waals surface area (Å²) in [5, 5.41) is 3.69. The molecule has 0 aliphatic rings. The lowest BCUT2D eigenvalue weighted by Gasteiger charge is -2.20. The van der Waals surface area contributed by atoms with E-state index in [0.29, 0.717) is 22.1 Å². The van der Waals surface area contributed by atoms with Crippen molar-refractivity contribution in [1.29, 1.82) is 0 Å². The van der Waals surface area contributed by atoms with Crippen LogP contribution < -0.4 is 14.8 Å². The molecule has 6 heteroatoms. The molecule has 3 aromatic rings. The number of ether oxygens (including phenoxy) is 2. The molecule has 1 N–H and O–H groups in total. The second-order valence-electron chi connectivity index (χ2n) is 5.85. The Morgan fingerprint density at radius 1 is 1.00 bits per heavy atom. The second-order valence-corrected chi connectivity index (χ2v) is 6.28. The van der Waals surface area contributed by atoms with E-state index in [4.69, 9.17) is 21.1 Å². The zero-order valence-electron chi connectivity index (χ0n) is 15.0. The fourth-order valence-electron chi connectivity index (χ4n) is 2.71. The van der Waals surface area contributed by atoms with Crippen LogP contribution >= 0.6 is 11.6 Å². The number of methoxy groups -OCH3 is 2. The first-order chi connectivity index (χ1) is 13.1. The third-order valence-electron chi connectivity index (χ3n) is 4.11. The lowest BCUT2D eigenvalue weighted by Crippen LogP contribution is -2.29. The molecule has 1 unspecified atom stereocenters. The number of halogens is 1. The molecular weight excluding hydrogens is 364 g/mol. The van der Waals surface area contributed by atoms with Gasteiger partial charge < -0.3 is 14.8 Å². The van der Waals surface area contributed by atoms with Gasteiger partial charge in [-0.25, -0.2) is 0 Å². The molecule has 1 aromatic heterocycles. The van der Waals surface area contributed by atoms with E-state index in [1.54, 1.807) is 56.9 Å². The molecule has 0 spiro atoms. The first kappa shape index (κ1) is 18.7. The number of nitrogens with one attached hydrogen (secondary N) is 1. The Morgan fingerprint density at radius 3 is 2.22 bits per heavy atom. The number of amides is 1. The number of carbonyl (C=O) groups excluding carboxylic acids is 1. The Bertz CT molecular complexity index is 892. The highest BCUT2D eigenvalue weighted by molar-refractivity contribution is 6.30.